The molecule has 1 aliphatic heterocycles. The van der Waals surface area contributed by atoms with Crippen molar-refractivity contribution in [2.45, 2.75) is 32.7 Å². The van der Waals surface area contributed by atoms with Gasteiger partial charge in [0, 0.05) is 24.0 Å². The Morgan fingerprint density at radius 1 is 0.925 bits per heavy atom. The van der Waals surface area contributed by atoms with E-state index < -0.39 is 29.7 Å². The van der Waals surface area contributed by atoms with E-state index in [2.05, 4.69) is 16.0 Å². The number of benzene rings is 3. The summed E-state index contributed by atoms with van der Waals surface area (Å²) >= 11 is 0. The minimum absolute atomic E-state index is 0.0688. The second kappa shape index (κ2) is 12.9. The summed E-state index contributed by atoms with van der Waals surface area (Å²) in [5, 5.41) is 8.02. The molecule has 4 rings (SSSR count). The summed E-state index contributed by atoms with van der Waals surface area (Å²) in [4.78, 5) is 40.9. The number of anilines is 2. The van der Waals surface area contributed by atoms with Gasteiger partial charge in [-0.15, -0.1) is 0 Å². The summed E-state index contributed by atoms with van der Waals surface area (Å²) in [5.41, 5.74) is 2.39. The molecular weight excluding hydrogens is 518 g/mol. The van der Waals surface area contributed by atoms with E-state index in [1.807, 2.05) is 37.3 Å². The first-order valence-corrected chi connectivity index (χ1v) is 13.0. The number of ether oxygens (including phenoxy) is 1. The molecule has 0 aliphatic carbocycles. The van der Waals surface area contributed by atoms with Gasteiger partial charge in [0.05, 0.1) is 23.9 Å². The Hall–Kier alpha value is -4.73. The molecule has 0 fully saturated rings. The minimum atomic E-state index is -1.09. The predicted molar refractivity (Wildman–Crippen MR) is 148 cm³/mol. The van der Waals surface area contributed by atoms with Gasteiger partial charge in [-0.05, 0) is 48.7 Å². The first-order valence-electron chi connectivity index (χ1n) is 13.0. The van der Waals surface area contributed by atoms with Gasteiger partial charge in [-0.25, -0.2) is 23.2 Å². The number of halogens is 2. The molecule has 1 atom stereocenters. The zero-order valence-electron chi connectivity index (χ0n) is 22.2. The van der Waals surface area contributed by atoms with Crippen LogP contribution in [0, 0.1) is 11.6 Å². The molecule has 1 unspecified atom stereocenters. The molecule has 0 bridgehead atoms. The van der Waals surface area contributed by atoms with Crippen LogP contribution >= 0.6 is 0 Å². The highest BCUT2D eigenvalue weighted by molar-refractivity contribution is 6.05. The number of urea groups is 2. The maximum Gasteiger partial charge on any atom is 0.338 e. The first kappa shape index (κ1) is 28.3. The lowest BCUT2D eigenvalue weighted by molar-refractivity contribution is -0.138. The number of carbonyl (C=O) groups is 3. The van der Waals surface area contributed by atoms with Crippen LogP contribution in [0.1, 0.15) is 43.9 Å². The third-order valence-corrected chi connectivity index (χ3v) is 6.26. The number of hydrogen-bond donors (Lipinski definition) is 3. The van der Waals surface area contributed by atoms with Crippen LogP contribution in [-0.4, -0.2) is 36.1 Å². The highest BCUT2D eigenvalue weighted by Gasteiger charge is 2.38. The molecule has 0 aromatic heterocycles. The Labute approximate surface area is 231 Å². The van der Waals surface area contributed by atoms with Crippen molar-refractivity contribution in [3.63, 3.8) is 0 Å². The molecule has 8 nitrogen and oxygen atoms in total. The summed E-state index contributed by atoms with van der Waals surface area (Å²) < 4.78 is 32.2. The number of carbonyl (C=O) groups excluding carboxylic acids is 3. The lowest BCUT2D eigenvalue weighted by Gasteiger charge is -2.37. The number of unbranched alkanes of at least 4 members (excludes halogenated alkanes) is 1. The molecule has 208 valence electrons. The SMILES string of the molecule is CCCCN1C(=O)NC(c2cccc(NC(=O)Nc3ccc(F)c(F)c3)c2)C(C(=O)OCC)=C1c1ccccc1. The van der Waals surface area contributed by atoms with Crippen LogP contribution in [0.15, 0.2) is 78.4 Å². The fraction of sp³-hybridized carbons (Fsp3) is 0.233. The Balaban J connectivity index is 1.71. The molecule has 4 amide bonds. The molecule has 0 saturated carbocycles. The van der Waals surface area contributed by atoms with Gasteiger partial charge in [0.15, 0.2) is 11.6 Å². The van der Waals surface area contributed by atoms with Gasteiger partial charge in [0.1, 0.15) is 0 Å². The molecule has 1 aliphatic rings. The first-order chi connectivity index (χ1) is 19.3. The van der Waals surface area contributed by atoms with Crippen molar-refractivity contribution in [3.8, 4) is 0 Å². The van der Waals surface area contributed by atoms with E-state index in [0.29, 0.717) is 29.1 Å². The van der Waals surface area contributed by atoms with Gasteiger partial charge in [-0.2, -0.15) is 0 Å². The van der Waals surface area contributed by atoms with Gasteiger partial charge >= 0.3 is 18.0 Å². The molecule has 3 aromatic rings. The highest BCUT2D eigenvalue weighted by Crippen LogP contribution is 2.37. The number of esters is 1. The van der Waals surface area contributed by atoms with E-state index >= 15 is 0 Å². The van der Waals surface area contributed by atoms with Crippen LogP contribution < -0.4 is 16.0 Å². The van der Waals surface area contributed by atoms with Crippen LogP contribution in [0.25, 0.3) is 5.70 Å². The number of nitrogens with zero attached hydrogens (tertiary/aromatic N) is 1. The van der Waals surface area contributed by atoms with Crippen LogP contribution in [0.2, 0.25) is 0 Å². The van der Waals surface area contributed by atoms with Crippen LogP contribution in [-0.2, 0) is 9.53 Å². The molecule has 3 aromatic carbocycles. The van der Waals surface area contributed by atoms with Gasteiger partial charge in [-0.3, -0.25) is 4.90 Å². The van der Waals surface area contributed by atoms with Gasteiger partial charge < -0.3 is 20.7 Å². The normalized spacial score (nSPS) is 14.9. The summed E-state index contributed by atoms with van der Waals surface area (Å²) in [6.45, 7) is 4.28. The molecule has 0 saturated heterocycles. The second-order valence-corrected chi connectivity index (χ2v) is 9.07. The number of amides is 4. The summed E-state index contributed by atoms with van der Waals surface area (Å²) in [5.74, 6) is -2.68. The molecule has 0 spiro atoms. The van der Waals surface area contributed by atoms with Crippen molar-refractivity contribution >= 4 is 35.1 Å². The molecule has 10 heteroatoms. The Morgan fingerprint density at radius 2 is 1.65 bits per heavy atom. The lowest BCUT2D eigenvalue weighted by Crippen LogP contribution is -2.48. The molecule has 3 N–H and O–H groups in total. The largest absolute Gasteiger partial charge is 0.463 e. The predicted octanol–water partition coefficient (Wildman–Crippen LogP) is 6.45. The molecular formula is C30H30F2N4O4. The average Bonchev–Trinajstić information content (AvgIpc) is 2.94. The number of nitrogens with one attached hydrogen (secondary N) is 3. The third-order valence-electron chi connectivity index (χ3n) is 6.26. The number of rotatable bonds is 9. The van der Waals surface area contributed by atoms with E-state index in [4.69, 9.17) is 4.74 Å². The monoisotopic (exact) mass is 548 g/mol. The van der Waals surface area contributed by atoms with E-state index in [9.17, 15) is 23.2 Å². The average molecular weight is 549 g/mol. The zero-order chi connectivity index (χ0) is 28.6. The van der Waals surface area contributed by atoms with Gasteiger partial charge in [0.2, 0.25) is 0 Å². The van der Waals surface area contributed by atoms with E-state index in [-0.39, 0.29) is 23.9 Å². The smallest absolute Gasteiger partial charge is 0.338 e. The molecule has 1 heterocycles. The van der Waals surface area contributed by atoms with Gasteiger partial charge in [-0.1, -0.05) is 55.8 Å². The topological polar surface area (TPSA) is 99.8 Å². The molecule has 40 heavy (non-hydrogen) atoms. The van der Waals surface area contributed by atoms with Crippen molar-refractivity contribution in [3.05, 3.63) is 101 Å². The van der Waals surface area contributed by atoms with Crippen molar-refractivity contribution in [2.24, 2.45) is 0 Å². The Kier molecular flexibility index (Phi) is 9.11. The van der Waals surface area contributed by atoms with E-state index in [0.717, 1.165) is 25.0 Å². The fourth-order valence-corrected chi connectivity index (χ4v) is 4.43. The van der Waals surface area contributed by atoms with Crippen molar-refractivity contribution in [2.75, 3.05) is 23.8 Å². The standard InChI is InChI=1S/C30H30F2N4O4/c1-3-5-16-36-27(19-10-7-6-8-11-19)25(28(37)40-4-2)26(35-30(36)39)20-12-9-13-21(17-20)33-29(38)34-22-14-15-23(31)24(32)18-22/h6-15,17-18,26H,3-5,16H2,1-2H3,(H,35,39)(H2,33,34,38). The summed E-state index contributed by atoms with van der Waals surface area (Å²) in [6, 6.07) is 16.9. The minimum Gasteiger partial charge on any atom is -0.463 e. The third kappa shape index (κ3) is 6.45. The summed E-state index contributed by atoms with van der Waals surface area (Å²) in [6.07, 6.45) is 1.58. The number of hydrogen-bond acceptors (Lipinski definition) is 4. The van der Waals surface area contributed by atoms with Crippen molar-refractivity contribution in [1.29, 1.82) is 0 Å². The second-order valence-electron chi connectivity index (χ2n) is 9.07. The van der Waals surface area contributed by atoms with Crippen LogP contribution in [0.5, 0.6) is 0 Å². The van der Waals surface area contributed by atoms with E-state index in [1.54, 1.807) is 36.1 Å². The Morgan fingerprint density at radius 3 is 2.33 bits per heavy atom. The Bertz CT molecular complexity index is 1430. The van der Waals surface area contributed by atoms with Gasteiger partial charge in [0.25, 0.3) is 0 Å². The fourth-order valence-electron chi connectivity index (χ4n) is 4.43. The van der Waals surface area contributed by atoms with Crippen LogP contribution in [0.3, 0.4) is 0 Å². The van der Waals surface area contributed by atoms with E-state index in [1.165, 1.54) is 6.07 Å². The zero-order valence-corrected chi connectivity index (χ0v) is 22.2. The van der Waals surface area contributed by atoms with Crippen molar-refractivity contribution < 1.29 is 27.9 Å². The quantitative estimate of drug-likeness (QED) is 0.268. The van der Waals surface area contributed by atoms with Crippen LogP contribution in [0.4, 0.5) is 29.7 Å². The maximum absolute atomic E-state index is 13.5. The highest BCUT2D eigenvalue weighted by atomic mass is 19.2. The van der Waals surface area contributed by atoms with Crippen molar-refractivity contribution in [1.82, 2.24) is 10.2 Å². The molecule has 0 radical (unpaired) electrons. The summed E-state index contributed by atoms with van der Waals surface area (Å²) in [7, 11) is 0. The maximum atomic E-state index is 13.5. The lowest BCUT2D eigenvalue weighted by atomic mass is 9.91.